The summed E-state index contributed by atoms with van der Waals surface area (Å²) in [5.74, 6) is 0. The first kappa shape index (κ1) is 16.1. The lowest BCUT2D eigenvalue weighted by atomic mass is 10.0. The smallest absolute Gasteiger partial charge is 0.410 e. The second-order valence-corrected chi connectivity index (χ2v) is 7.41. The van der Waals surface area contributed by atoms with Gasteiger partial charge in [0.15, 0.2) is 0 Å². The third kappa shape index (κ3) is 2.91. The van der Waals surface area contributed by atoms with Crippen LogP contribution in [0.4, 0.5) is 4.79 Å². The van der Waals surface area contributed by atoms with Gasteiger partial charge in [-0.2, -0.15) is 5.10 Å². The van der Waals surface area contributed by atoms with Gasteiger partial charge in [-0.15, -0.1) is 0 Å². The number of likely N-dealkylation sites (N-methyl/N-ethyl adjacent to an activating group) is 1. The van der Waals surface area contributed by atoms with E-state index in [1.807, 2.05) is 23.1 Å². The van der Waals surface area contributed by atoms with E-state index in [-0.39, 0.29) is 11.7 Å². The zero-order valence-electron chi connectivity index (χ0n) is 15.0. The zero-order chi connectivity index (χ0) is 17.6. The molecule has 2 saturated heterocycles. The van der Waals surface area contributed by atoms with Crippen LogP contribution >= 0.6 is 0 Å². The van der Waals surface area contributed by atoms with E-state index in [4.69, 9.17) is 4.74 Å². The lowest BCUT2D eigenvalue weighted by molar-refractivity contribution is 0.0627. The Morgan fingerprint density at radius 2 is 2.12 bits per heavy atom. The third-order valence-electron chi connectivity index (χ3n) is 5.19. The fourth-order valence-corrected chi connectivity index (χ4v) is 4.21. The lowest BCUT2D eigenvalue weighted by Gasteiger charge is -2.23. The van der Waals surface area contributed by atoms with Crippen LogP contribution < -0.4 is 0 Å². The average molecular weight is 340 g/mol. The molecule has 132 valence electrons. The summed E-state index contributed by atoms with van der Waals surface area (Å²) in [4.78, 5) is 15.8. The quantitative estimate of drug-likeness (QED) is 0.861. The number of carbonyl (C=O) groups excluding carboxylic acids is 1. The number of aromatic nitrogens is 2. The highest BCUT2D eigenvalue weighted by Gasteiger charge is 2.48. The molecule has 6 nitrogen and oxygen atoms in total. The van der Waals surface area contributed by atoms with E-state index in [2.05, 4.69) is 36.0 Å². The normalized spacial score (nSPS) is 23.6. The van der Waals surface area contributed by atoms with Crippen molar-refractivity contribution in [2.75, 3.05) is 26.7 Å². The average Bonchev–Trinajstić information content (AvgIpc) is 3.23. The number of likely N-dealkylation sites (tertiary alicyclic amines) is 1. The van der Waals surface area contributed by atoms with Gasteiger partial charge in [0.1, 0.15) is 5.60 Å². The van der Waals surface area contributed by atoms with Crippen molar-refractivity contribution in [1.82, 2.24) is 19.6 Å². The maximum Gasteiger partial charge on any atom is 0.410 e. The van der Waals surface area contributed by atoms with E-state index < -0.39 is 0 Å². The number of carbonyl (C=O) groups is 1. The van der Waals surface area contributed by atoms with Gasteiger partial charge in [-0.3, -0.25) is 4.90 Å². The van der Waals surface area contributed by atoms with Crippen LogP contribution in [0, 0.1) is 13.8 Å². The van der Waals surface area contributed by atoms with Crippen molar-refractivity contribution in [3.63, 3.8) is 0 Å². The van der Waals surface area contributed by atoms with Gasteiger partial charge in [0.05, 0.1) is 12.2 Å². The number of rotatable bonds is 3. The topological polar surface area (TPSA) is 50.6 Å². The number of benzene rings is 1. The molecule has 1 amide bonds. The molecule has 0 saturated carbocycles. The summed E-state index contributed by atoms with van der Waals surface area (Å²) in [6.07, 6.45) is 4.48. The minimum Gasteiger partial charge on any atom is -0.439 e. The molecular weight excluding hydrogens is 316 g/mol. The largest absolute Gasteiger partial charge is 0.439 e. The molecule has 3 heterocycles. The first-order valence-corrected chi connectivity index (χ1v) is 8.72. The van der Waals surface area contributed by atoms with Crippen LogP contribution in [-0.2, 0) is 11.3 Å². The molecule has 6 heteroatoms. The predicted molar refractivity (Wildman–Crippen MR) is 94.8 cm³/mol. The number of ether oxygens (including phenoxy) is 1. The molecule has 2 aromatic rings. The van der Waals surface area contributed by atoms with Gasteiger partial charge >= 0.3 is 6.09 Å². The van der Waals surface area contributed by atoms with Gasteiger partial charge in [-0.1, -0.05) is 17.7 Å². The van der Waals surface area contributed by atoms with Crippen LogP contribution in [0.1, 0.15) is 23.1 Å². The molecule has 0 aliphatic carbocycles. The Labute approximate surface area is 148 Å². The molecule has 0 N–H and O–H groups in total. The van der Waals surface area contributed by atoms with Crippen LogP contribution in [0.25, 0.3) is 5.69 Å². The van der Waals surface area contributed by atoms with Crippen LogP contribution in [0.15, 0.2) is 30.6 Å². The highest BCUT2D eigenvalue weighted by molar-refractivity contribution is 5.70. The minimum absolute atomic E-state index is 0.203. The number of aryl methyl sites for hydroxylation is 2. The van der Waals surface area contributed by atoms with Gasteiger partial charge in [-0.05, 0) is 31.0 Å². The summed E-state index contributed by atoms with van der Waals surface area (Å²) in [5.41, 5.74) is 4.55. The summed E-state index contributed by atoms with van der Waals surface area (Å²) in [7, 11) is 1.81. The van der Waals surface area contributed by atoms with E-state index in [0.717, 1.165) is 31.7 Å². The Kier molecular flexibility index (Phi) is 3.80. The van der Waals surface area contributed by atoms with Crippen molar-refractivity contribution in [2.24, 2.45) is 0 Å². The Hall–Kier alpha value is -2.34. The summed E-state index contributed by atoms with van der Waals surface area (Å²) in [5, 5.41) is 4.43. The van der Waals surface area contributed by atoms with Crippen molar-refractivity contribution < 1.29 is 9.53 Å². The van der Waals surface area contributed by atoms with E-state index in [9.17, 15) is 4.79 Å². The highest BCUT2D eigenvalue weighted by Crippen LogP contribution is 2.33. The molecule has 1 aromatic carbocycles. The monoisotopic (exact) mass is 340 g/mol. The van der Waals surface area contributed by atoms with Crippen LogP contribution in [0.2, 0.25) is 0 Å². The Bertz CT molecular complexity index is 802. The lowest BCUT2D eigenvalue weighted by Crippen LogP contribution is -2.37. The maximum atomic E-state index is 11.8. The third-order valence-corrected chi connectivity index (χ3v) is 5.19. The van der Waals surface area contributed by atoms with Gasteiger partial charge in [0.25, 0.3) is 0 Å². The van der Waals surface area contributed by atoms with Crippen molar-refractivity contribution in [3.05, 3.63) is 47.3 Å². The number of nitrogens with zero attached hydrogens (tertiary/aromatic N) is 4. The number of amides is 1. The molecule has 0 radical (unpaired) electrons. The molecule has 1 atom stereocenters. The van der Waals surface area contributed by atoms with Gasteiger partial charge in [0, 0.05) is 45.5 Å². The molecule has 4 rings (SSSR count). The van der Waals surface area contributed by atoms with E-state index in [1.165, 1.54) is 16.7 Å². The Morgan fingerprint density at radius 3 is 2.80 bits per heavy atom. The molecule has 2 fully saturated rings. The van der Waals surface area contributed by atoms with Gasteiger partial charge < -0.3 is 9.64 Å². The van der Waals surface area contributed by atoms with E-state index in [1.54, 1.807) is 11.9 Å². The zero-order valence-corrected chi connectivity index (χ0v) is 15.0. The number of hydrogen-bond acceptors (Lipinski definition) is 4. The second kappa shape index (κ2) is 5.88. The fourth-order valence-electron chi connectivity index (χ4n) is 4.21. The highest BCUT2D eigenvalue weighted by atomic mass is 16.6. The van der Waals surface area contributed by atoms with Gasteiger partial charge in [-0.25, -0.2) is 9.48 Å². The standard InChI is InChI=1S/C19H24N4O2/c1-14-9-15(2)17(23-7-4-6-20-23)16(10-14)11-22-8-5-19(13-22)12-21(3)18(24)25-19/h4,6-7,9-10H,5,8,11-13H2,1-3H3/t19-/m0/s1. The summed E-state index contributed by atoms with van der Waals surface area (Å²) >= 11 is 0. The molecule has 0 unspecified atom stereocenters. The Balaban J connectivity index is 1.59. The van der Waals surface area contributed by atoms with Crippen molar-refractivity contribution in [1.29, 1.82) is 0 Å². The molecule has 2 aliphatic heterocycles. The number of hydrogen-bond donors (Lipinski definition) is 0. The van der Waals surface area contributed by atoms with Crippen LogP contribution in [-0.4, -0.2) is 58.0 Å². The molecule has 0 bridgehead atoms. The van der Waals surface area contributed by atoms with Crippen LogP contribution in [0.3, 0.4) is 0 Å². The van der Waals surface area contributed by atoms with Gasteiger partial charge in [0.2, 0.25) is 0 Å². The van der Waals surface area contributed by atoms with Crippen molar-refractivity contribution >= 4 is 6.09 Å². The second-order valence-electron chi connectivity index (χ2n) is 7.41. The first-order chi connectivity index (χ1) is 12.0. The van der Waals surface area contributed by atoms with Crippen LogP contribution in [0.5, 0.6) is 0 Å². The summed E-state index contributed by atoms with van der Waals surface area (Å²) in [6, 6.07) is 6.38. The SMILES string of the molecule is Cc1cc(C)c(-n2cccn2)c(CN2CC[C@@]3(C2)CN(C)C(=O)O3)c1. The summed E-state index contributed by atoms with van der Waals surface area (Å²) < 4.78 is 7.61. The molecule has 1 aromatic heterocycles. The van der Waals surface area contributed by atoms with E-state index in [0.29, 0.717) is 6.54 Å². The summed E-state index contributed by atoms with van der Waals surface area (Å²) in [6.45, 7) is 7.50. The van der Waals surface area contributed by atoms with Crippen molar-refractivity contribution in [2.45, 2.75) is 32.4 Å². The maximum absolute atomic E-state index is 11.8. The van der Waals surface area contributed by atoms with E-state index >= 15 is 0 Å². The predicted octanol–water partition coefficient (Wildman–Crippen LogP) is 2.52. The minimum atomic E-state index is -0.337. The first-order valence-electron chi connectivity index (χ1n) is 8.72. The molecule has 1 spiro atoms. The fraction of sp³-hybridized carbons (Fsp3) is 0.474. The molecular formula is C19H24N4O2. The molecule has 2 aliphatic rings. The van der Waals surface area contributed by atoms with Crippen molar-refractivity contribution in [3.8, 4) is 5.69 Å². The molecule has 25 heavy (non-hydrogen) atoms. The Morgan fingerprint density at radius 1 is 1.28 bits per heavy atom.